The molecule has 0 spiro atoms. The Morgan fingerprint density at radius 1 is 0.885 bits per heavy atom. The van der Waals surface area contributed by atoms with Crippen LogP contribution in [0.5, 0.6) is 0 Å². The van der Waals surface area contributed by atoms with Gasteiger partial charge in [-0.25, -0.2) is 0 Å². The fourth-order valence-corrected chi connectivity index (χ4v) is 2.66. The second-order valence-corrected chi connectivity index (χ2v) is 6.28. The Morgan fingerprint density at radius 3 is 2.42 bits per heavy atom. The van der Waals surface area contributed by atoms with Crippen molar-refractivity contribution in [3.8, 4) is 22.9 Å². The van der Waals surface area contributed by atoms with E-state index in [1.165, 1.54) is 11.1 Å². The maximum atomic E-state index is 5.90. The number of ether oxygens (including phenoxy) is 2. The Kier molecular flexibility index (Phi) is 6.15. The SMILES string of the molecule is COCCOCCc1ccc(-c2nnc(-c3cc(C)ccc3C)o2)cc1. The van der Waals surface area contributed by atoms with Crippen molar-refractivity contribution in [2.75, 3.05) is 26.9 Å². The molecule has 0 amide bonds. The lowest BCUT2D eigenvalue weighted by molar-refractivity contribution is 0.0722. The van der Waals surface area contributed by atoms with Crippen LogP contribution < -0.4 is 0 Å². The lowest BCUT2D eigenvalue weighted by Crippen LogP contribution is -2.04. The molecule has 0 aliphatic rings. The molecular formula is C21H24N2O3. The third kappa shape index (κ3) is 4.56. The average Bonchev–Trinajstić information content (AvgIpc) is 3.14. The van der Waals surface area contributed by atoms with Crippen LogP contribution in [0.15, 0.2) is 46.9 Å². The van der Waals surface area contributed by atoms with Gasteiger partial charge in [-0.15, -0.1) is 10.2 Å². The first kappa shape index (κ1) is 18.3. The fourth-order valence-electron chi connectivity index (χ4n) is 2.66. The Hall–Kier alpha value is -2.50. The van der Waals surface area contributed by atoms with Gasteiger partial charge >= 0.3 is 0 Å². The minimum atomic E-state index is 0.531. The first-order valence-electron chi connectivity index (χ1n) is 8.74. The fraction of sp³-hybridized carbons (Fsp3) is 0.333. The van der Waals surface area contributed by atoms with Gasteiger partial charge in [-0.05, 0) is 49.6 Å². The van der Waals surface area contributed by atoms with Crippen LogP contribution in [-0.2, 0) is 15.9 Å². The van der Waals surface area contributed by atoms with Crippen molar-refractivity contribution in [3.63, 3.8) is 0 Å². The van der Waals surface area contributed by atoms with Gasteiger partial charge in [-0.3, -0.25) is 0 Å². The summed E-state index contributed by atoms with van der Waals surface area (Å²) in [4.78, 5) is 0. The predicted octanol–water partition coefficient (Wildman–Crippen LogP) is 4.23. The Bertz CT molecular complexity index is 841. The molecule has 0 N–H and O–H groups in total. The van der Waals surface area contributed by atoms with E-state index < -0.39 is 0 Å². The van der Waals surface area contributed by atoms with Gasteiger partial charge in [0.15, 0.2) is 0 Å². The molecule has 0 atom stereocenters. The van der Waals surface area contributed by atoms with Crippen LogP contribution in [0.4, 0.5) is 0 Å². The number of hydrogen-bond acceptors (Lipinski definition) is 5. The van der Waals surface area contributed by atoms with Crippen molar-refractivity contribution in [1.29, 1.82) is 0 Å². The average molecular weight is 352 g/mol. The van der Waals surface area contributed by atoms with Gasteiger partial charge in [0.25, 0.3) is 0 Å². The van der Waals surface area contributed by atoms with Gasteiger partial charge in [0.05, 0.1) is 19.8 Å². The molecule has 0 unspecified atom stereocenters. The van der Waals surface area contributed by atoms with E-state index in [9.17, 15) is 0 Å². The molecule has 0 fully saturated rings. The van der Waals surface area contributed by atoms with Crippen LogP contribution >= 0.6 is 0 Å². The molecule has 0 aliphatic heterocycles. The molecule has 136 valence electrons. The van der Waals surface area contributed by atoms with E-state index in [1.54, 1.807) is 7.11 Å². The number of aromatic nitrogens is 2. The topological polar surface area (TPSA) is 57.4 Å². The summed E-state index contributed by atoms with van der Waals surface area (Å²) in [6.45, 7) is 6.02. The number of rotatable bonds is 8. The second-order valence-electron chi connectivity index (χ2n) is 6.28. The summed E-state index contributed by atoms with van der Waals surface area (Å²) in [5, 5.41) is 8.42. The number of aryl methyl sites for hydroxylation is 2. The van der Waals surface area contributed by atoms with Crippen LogP contribution in [0, 0.1) is 13.8 Å². The highest BCUT2D eigenvalue weighted by Gasteiger charge is 2.12. The predicted molar refractivity (Wildman–Crippen MR) is 101 cm³/mol. The van der Waals surface area contributed by atoms with Crippen molar-refractivity contribution in [2.45, 2.75) is 20.3 Å². The Balaban J connectivity index is 1.67. The highest BCUT2D eigenvalue weighted by Crippen LogP contribution is 2.27. The normalized spacial score (nSPS) is 11.0. The summed E-state index contributed by atoms with van der Waals surface area (Å²) >= 11 is 0. The van der Waals surface area contributed by atoms with Crippen molar-refractivity contribution >= 4 is 0 Å². The Morgan fingerprint density at radius 2 is 1.65 bits per heavy atom. The summed E-state index contributed by atoms with van der Waals surface area (Å²) in [6, 6.07) is 14.4. The number of hydrogen-bond donors (Lipinski definition) is 0. The molecule has 0 bridgehead atoms. The van der Waals surface area contributed by atoms with E-state index in [2.05, 4.69) is 47.5 Å². The van der Waals surface area contributed by atoms with Gasteiger partial charge in [-0.1, -0.05) is 29.8 Å². The quantitative estimate of drug-likeness (QED) is 0.568. The van der Waals surface area contributed by atoms with Crippen LogP contribution in [0.1, 0.15) is 16.7 Å². The zero-order valence-corrected chi connectivity index (χ0v) is 15.5. The minimum absolute atomic E-state index is 0.531. The molecule has 1 heterocycles. The molecule has 5 heteroatoms. The van der Waals surface area contributed by atoms with Gasteiger partial charge in [0.2, 0.25) is 11.8 Å². The van der Waals surface area contributed by atoms with Crippen LogP contribution in [0.2, 0.25) is 0 Å². The number of methoxy groups -OCH3 is 1. The van der Waals surface area contributed by atoms with Gasteiger partial charge in [0.1, 0.15) is 0 Å². The molecule has 0 aliphatic carbocycles. The zero-order valence-electron chi connectivity index (χ0n) is 15.5. The van der Waals surface area contributed by atoms with E-state index >= 15 is 0 Å². The van der Waals surface area contributed by atoms with Gasteiger partial charge in [-0.2, -0.15) is 0 Å². The Labute approximate surface area is 154 Å². The van der Waals surface area contributed by atoms with Crippen LogP contribution in [0.3, 0.4) is 0 Å². The maximum Gasteiger partial charge on any atom is 0.248 e. The summed E-state index contributed by atoms with van der Waals surface area (Å²) in [5.74, 6) is 1.08. The van der Waals surface area contributed by atoms with Gasteiger partial charge in [0, 0.05) is 18.2 Å². The van der Waals surface area contributed by atoms with Crippen molar-refractivity contribution in [1.82, 2.24) is 10.2 Å². The highest BCUT2D eigenvalue weighted by molar-refractivity contribution is 5.61. The van der Waals surface area contributed by atoms with Crippen molar-refractivity contribution < 1.29 is 13.9 Å². The van der Waals surface area contributed by atoms with E-state index in [0.29, 0.717) is 31.6 Å². The van der Waals surface area contributed by atoms with E-state index in [0.717, 1.165) is 23.1 Å². The summed E-state index contributed by atoms with van der Waals surface area (Å²) in [5.41, 5.74) is 5.39. The first-order chi connectivity index (χ1) is 12.7. The molecule has 0 radical (unpaired) electrons. The van der Waals surface area contributed by atoms with Crippen LogP contribution in [0.25, 0.3) is 22.9 Å². The summed E-state index contributed by atoms with van der Waals surface area (Å²) < 4.78 is 16.4. The van der Waals surface area contributed by atoms with Crippen LogP contribution in [-0.4, -0.2) is 37.1 Å². The minimum Gasteiger partial charge on any atom is -0.416 e. The first-order valence-corrected chi connectivity index (χ1v) is 8.74. The molecule has 0 saturated carbocycles. The molecule has 2 aromatic carbocycles. The number of benzene rings is 2. The summed E-state index contributed by atoms with van der Waals surface area (Å²) in [7, 11) is 1.67. The van der Waals surface area contributed by atoms with Crippen molar-refractivity contribution in [2.24, 2.45) is 0 Å². The zero-order chi connectivity index (χ0) is 18.4. The van der Waals surface area contributed by atoms with Crippen molar-refractivity contribution in [3.05, 3.63) is 59.2 Å². The molecule has 26 heavy (non-hydrogen) atoms. The maximum absolute atomic E-state index is 5.90. The third-order valence-electron chi connectivity index (χ3n) is 4.22. The lowest BCUT2D eigenvalue weighted by atomic mass is 10.1. The third-order valence-corrected chi connectivity index (χ3v) is 4.22. The van der Waals surface area contributed by atoms with Gasteiger partial charge < -0.3 is 13.9 Å². The van der Waals surface area contributed by atoms with E-state index in [-0.39, 0.29) is 0 Å². The second kappa shape index (κ2) is 8.74. The molecule has 1 aromatic heterocycles. The smallest absolute Gasteiger partial charge is 0.248 e. The molecule has 3 rings (SSSR count). The molecular weight excluding hydrogens is 328 g/mol. The summed E-state index contributed by atoms with van der Waals surface area (Å²) in [6.07, 6.45) is 0.863. The molecule has 0 saturated heterocycles. The molecule has 5 nitrogen and oxygen atoms in total. The molecule has 3 aromatic rings. The van der Waals surface area contributed by atoms with E-state index in [1.807, 2.05) is 19.1 Å². The largest absolute Gasteiger partial charge is 0.416 e. The number of nitrogens with zero attached hydrogens (tertiary/aromatic N) is 2. The van der Waals surface area contributed by atoms with E-state index in [4.69, 9.17) is 13.9 Å². The lowest BCUT2D eigenvalue weighted by Gasteiger charge is -2.04. The monoisotopic (exact) mass is 352 g/mol. The standard InChI is InChI=1S/C21H24N2O3/c1-15-4-5-16(2)19(14-15)21-23-22-20(26-21)18-8-6-17(7-9-18)10-11-25-13-12-24-3/h4-9,14H,10-13H2,1-3H3. The highest BCUT2D eigenvalue weighted by atomic mass is 16.5.